The lowest BCUT2D eigenvalue weighted by Crippen LogP contribution is -2.28. The van der Waals surface area contributed by atoms with Crippen molar-refractivity contribution in [3.05, 3.63) is 130 Å². The highest BCUT2D eigenvalue weighted by Crippen LogP contribution is 2.53. The molecular formula is C36H32N2O5. The molecule has 43 heavy (non-hydrogen) atoms. The third-order valence-electron chi connectivity index (χ3n) is 8.53. The lowest BCUT2D eigenvalue weighted by Gasteiger charge is -2.29. The van der Waals surface area contributed by atoms with Gasteiger partial charge in [-0.15, -0.1) is 5.73 Å². The zero-order valence-electron chi connectivity index (χ0n) is 24.9. The van der Waals surface area contributed by atoms with Crippen LogP contribution < -0.4 is 4.90 Å². The number of fused-ring (bicyclic) bond motifs is 2. The monoisotopic (exact) mass is 572 g/mol. The number of Topliss-reactive ketones (excluding diaryl/α,β-unsaturated/α-hetero) is 1. The van der Waals surface area contributed by atoms with Crippen molar-refractivity contribution in [1.29, 1.82) is 0 Å². The highest BCUT2D eigenvalue weighted by Gasteiger charge is 2.45. The Morgan fingerprint density at radius 3 is 2.26 bits per heavy atom. The third kappa shape index (κ3) is 4.98. The number of ketones is 1. The number of hydrogen-bond acceptors (Lipinski definition) is 5. The molecular weight excluding hydrogens is 540 g/mol. The molecule has 0 spiro atoms. The second-order valence-electron chi connectivity index (χ2n) is 12.0. The van der Waals surface area contributed by atoms with E-state index in [1.807, 2.05) is 12.1 Å². The van der Waals surface area contributed by atoms with Gasteiger partial charge in [-0.25, -0.2) is 4.90 Å². The normalized spacial score (nSPS) is 17.9. The van der Waals surface area contributed by atoms with Crippen molar-refractivity contribution in [3.8, 4) is 0 Å². The Morgan fingerprint density at radius 1 is 0.907 bits per heavy atom. The van der Waals surface area contributed by atoms with E-state index in [4.69, 9.17) is 0 Å². The van der Waals surface area contributed by atoms with E-state index in [1.165, 1.54) is 48.0 Å². The number of amides is 4. The van der Waals surface area contributed by atoms with Crippen molar-refractivity contribution in [3.63, 3.8) is 0 Å². The summed E-state index contributed by atoms with van der Waals surface area (Å²) < 4.78 is 0. The maximum atomic E-state index is 12.9. The van der Waals surface area contributed by atoms with Crippen LogP contribution in [0, 0.1) is 6.92 Å². The minimum atomic E-state index is -0.641. The average Bonchev–Trinajstić information content (AvgIpc) is 3.33. The van der Waals surface area contributed by atoms with Crippen LogP contribution in [0.2, 0.25) is 0 Å². The van der Waals surface area contributed by atoms with Crippen LogP contribution in [0.4, 0.5) is 5.69 Å². The van der Waals surface area contributed by atoms with Crippen LogP contribution in [0.5, 0.6) is 0 Å². The standard InChI is InChI=1S/C36H32N2O5/c1-22-10-17-29-30(18-22)35(3,4)20-36(29,5)25-12-14-26(15-13-25)38(21-39)31(40)9-7-8-23(2)32(41)24-11-16-27-28(19-24)34(43)37(6)33(27)42/h8-19,21H,2,20H2,1,3-6H3. The SMILES string of the molecule is C=C(C=C=CC(=O)N(C=O)c1ccc(C2(C)CC(C)(C)c3cc(C)ccc32)cc1)C(=O)c1ccc2c(c1)C(=O)N(C)C2=O. The Bertz CT molecular complexity index is 1810. The van der Waals surface area contributed by atoms with E-state index < -0.39 is 23.5 Å². The van der Waals surface area contributed by atoms with Crippen molar-refractivity contribution in [2.75, 3.05) is 11.9 Å². The first kappa shape index (κ1) is 29.4. The summed E-state index contributed by atoms with van der Waals surface area (Å²) in [5.74, 6) is -2.04. The zero-order valence-corrected chi connectivity index (χ0v) is 24.9. The van der Waals surface area contributed by atoms with Crippen LogP contribution >= 0.6 is 0 Å². The van der Waals surface area contributed by atoms with Gasteiger partial charge in [0.1, 0.15) is 0 Å². The summed E-state index contributed by atoms with van der Waals surface area (Å²) in [6, 6.07) is 18.3. The van der Waals surface area contributed by atoms with Crippen molar-refractivity contribution in [2.24, 2.45) is 0 Å². The average molecular weight is 573 g/mol. The molecule has 216 valence electrons. The quantitative estimate of drug-likeness (QED) is 0.0885. The topological polar surface area (TPSA) is 91.8 Å². The summed E-state index contributed by atoms with van der Waals surface area (Å²) in [6.07, 6.45) is 3.66. The van der Waals surface area contributed by atoms with E-state index in [1.54, 1.807) is 12.1 Å². The van der Waals surface area contributed by atoms with E-state index in [9.17, 15) is 24.0 Å². The largest absolute Gasteiger partial charge is 0.289 e. The van der Waals surface area contributed by atoms with Gasteiger partial charge in [0.05, 0.1) is 16.8 Å². The molecule has 5 rings (SSSR count). The number of carbonyl (C=O) groups excluding carboxylic acids is 5. The van der Waals surface area contributed by atoms with Crippen LogP contribution in [0.1, 0.15) is 80.5 Å². The Labute approximate surface area is 250 Å². The fourth-order valence-corrected chi connectivity index (χ4v) is 6.30. The van der Waals surface area contributed by atoms with Gasteiger partial charge in [0.2, 0.25) is 6.41 Å². The van der Waals surface area contributed by atoms with Gasteiger partial charge >= 0.3 is 0 Å². The Hall–Kier alpha value is -5.13. The molecule has 1 aliphatic heterocycles. The predicted octanol–water partition coefficient (Wildman–Crippen LogP) is 5.85. The number of allylic oxidation sites excluding steroid dienone is 1. The van der Waals surface area contributed by atoms with E-state index in [0.717, 1.165) is 27.9 Å². The zero-order chi connectivity index (χ0) is 31.3. The Kier molecular flexibility index (Phi) is 7.25. The lowest BCUT2D eigenvalue weighted by atomic mass is 9.75. The minimum absolute atomic E-state index is 0.00973. The van der Waals surface area contributed by atoms with E-state index >= 15 is 0 Å². The van der Waals surface area contributed by atoms with E-state index in [-0.39, 0.29) is 33.1 Å². The number of nitrogens with zero attached hydrogens (tertiary/aromatic N) is 2. The summed E-state index contributed by atoms with van der Waals surface area (Å²) >= 11 is 0. The number of benzene rings is 3. The van der Waals surface area contributed by atoms with E-state index in [0.29, 0.717) is 12.1 Å². The van der Waals surface area contributed by atoms with Crippen LogP contribution in [0.15, 0.2) is 90.7 Å². The maximum absolute atomic E-state index is 12.9. The number of anilines is 1. The van der Waals surface area contributed by atoms with Crippen LogP contribution in [-0.2, 0) is 20.4 Å². The lowest BCUT2D eigenvalue weighted by molar-refractivity contribution is -0.118. The third-order valence-corrected chi connectivity index (χ3v) is 8.53. The molecule has 0 saturated heterocycles. The van der Waals surface area contributed by atoms with Gasteiger partial charge in [-0.05, 0) is 65.8 Å². The molecule has 3 aromatic carbocycles. The first-order chi connectivity index (χ1) is 20.3. The van der Waals surface area contributed by atoms with Gasteiger partial charge in [-0.1, -0.05) is 69.3 Å². The number of imide groups is 2. The molecule has 7 nitrogen and oxygen atoms in total. The number of hydrogen-bond donors (Lipinski definition) is 0. The molecule has 0 bridgehead atoms. The van der Waals surface area contributed by atoms with Gasteiger partial charge in [0, 0.05) is 29.7 Å². The summed E-state index contributed by atoms with van der Waals surface area (Å²) in [6.45, 7) is 12.6. The molecule has 1 atom stereocenters. The summed E-state index contributed by atoms with van der Waals surface area (Å²) in [5, 5.41) is 0. The number of aryl methyl sites for hydroxylation is 1. The Balaban J connectivity index is 1.31. The molecule has 0 saturated carbocycles. The van der Waals surface area contributed by atoms with Gasteiger partial charge in [-0.2, -0.15) is 0 Å². The highest BCUT2D eigenvalue weighted by molar-refractivity contribution is 6.22. The van der Waals surface area contributed by atoms with Crippen LogP contribution in [0.3, 0.4) is 0 Å². The first-order valence-corrected chi connectivity index (χ1v) is 13.9. The second kappa shape index (κ2) is 10.6. The molecule has 4 amide bonds. The molecule has 1 aliphatic carbocycles. The maximum Gasteiger partial charge on any atom is 0.265 e. The number of carbonyl (C=O) groups is 5. The molecule has 2 aliphatic rings. The van der Waals surface area contributed by atoms with Gasteiger partial charge < -0.3 is 0 Å². The molecule has 7 heteroatoms. The predicted molar refractivity (Wildman–Crippen MR) is 164 cm³/mol. The van der Waals surface area contributed by atoms with Crippen molar-refractivity contribution >= 4 is 35.6 Å². The van der Waals surface area contributed by atoms with Crippen LogP contribution in [-0.4, -0.2) is 41.9 Å². The number of rotatable bonds is 7. The van der Waals surface area contributed by atoms with Gasteiger partial charge in [0.25, 0.3) is 17.7 Å². The van der Waals surface area contributed by atoms with Crippen molar-refractivity contribution in [2.45, 2.75) is 44.9 Å². The Morgan fingerprint density at radius 2 is 1.58 bits per heavy atom. The molecule has 3 aromatic rings. The molecule has 1 unspecified atom stereocenters. The van der Waals surface area contributed by atoms with Crippen LogP contribution in [0.25, 0.3) is 0 Å². The van der Waals surface area contributed by atoms with Gasteiger partial charge in [0.15, 0.2) is 5.78 Å². The summed E-state index contributed by atoms with van der Waals surface area (Å²) in [4.78, 5) is 64.0. The molecule has 0 aromatic heterocycles. The molecule has 0 N–H and O–H groups in total. The molecule has 1 heterocycles. The van der Waals surface area contributed by atoms with Crippen molar-refractivity contribution < 1.29 is 24.0 Å². The first-order valence-electron chi connectivity index (χ1n) is 13.9. The van der Waals surface area contributed by atoms with E-state index in [2.05, 4.69) is 58.2 Å². The fraction of sp³-hybridized carbons (Fsp3) is 0.222. The summed E-state index contributed by atoms with van der Waals surface area (Å²) in [7, 11) is 1.38. The molecule has 0 fully saturated rings. The smallest absolute Gasteiger partial charge is 0.265 e. The highest BCUT2D eigenvalue weighted by atomic mass is 16.2. The van der Waals surface area contributed by atoms with Crippen molar-refractivity contribution in [1.82, 2.24) is 4.90 Å². The molecule has 0 radical (unpaired) electrons. The fourth-order valence-electron chi connectivity index (χ4n) is 6.30. The van der Waals surface area contributed by atoms with Gasteiger partial charge in [-0.3, -0.25) is 28.9 Å². The summed E-state index contributed by atoms with van der Waals surface area (Å²) in [5.41, 5.74) is 8.36. The minimum Gasteiger partial charge on any atom is -0.289 e. The second-order valence-corrected chi connectivity index (χ2v) is 12.0.